The van der Waals surface area contributed by atoms with E-state index < -0.39 is 0 Å². The van der Waals surface area contributed by atoms with Crippen molar-refractivity contribution in [3.05, 3.63) is 0 Å². The highest BCUT2D eigenvalue weighted by atomic mass is 127. The van der Waals surface area contributed by atoms with E-state index in [2.05, 4.69) is 5.32 Å². The molecular weight excluding hydrogens is 253 g/mol. The Morgan fingerprint density at radius 3 is 2.56 bits per heavy atom. The molecule has 0 saturated carbocycles. The fourth-order valence-corrected chi connectivity index (χ4v) is 2.19. The molecule has 1 saturated heterocycles. The average Bonchev–Trinajstić information content (AvgIpc) is 2.10. The Morgan fingerprint density at radius 1 is 1.67 bits per heavy atom. The van der Waals surface area contributed by atoms with Gasteiger partial charge in [0.25, 0.3) is 0 Å². The summed E-state index contributed by atoms with van der Waals surface area (Å²) in [4.78, 5) is 21.1. The van der Waals surface area contributed by atoms with E-state index in [-0.39, 0.29) is 17.1 Å². The number of halogens is 1. The SMILES string of the molecule is O=C1CC(SI)C(=O)N1. The summed E-state index contributed by atoms with van der Waals surface area (Å²) in [5, 5.41) is 2.06. The molecule has 0 aromatic heterocycles. The lowest BCUT2D eigenvalue weighted by atomic mass is 10.4. The van der Waals surface area contributed by atoms with Crippen LogP contribution < -0.4 is 5.32 Å². The first-order valence-electron chi connectivity index (χ1n) is 2.35. The molecule has 0 aromatic rings. The minimum atomic E-state index is -0.158. The molecule has 0 radical (unpaired) electrons. The Labute approximate surface area is 68.5 Å². The maximum absolute atomic E-state index is 10.7. The summed E-state index contributed by atoms with van der Waals surface area (Å²) in [7, 11) is 1.38. The third kappa shape index (κ3) is 1.57. The fourth-order valence-electron chi connectivity index (χ4n) is 0.602. The standard InChI is InChI=1S/C4H4INO2S/c5-9-2-1-3(7)6-4(2)8/h2H,1H2,(H,6,7,8). The minimum absolute atomic E-state index is 0.153. The van der Waals surface area contributed by atoms with Gasteiger partial charge in [-0.05, 0) is 21.2 Å². The van der Waals surface area contributed by atoms with Crippen molar-refractivity contribution in [3.63, 3.8) is 0 Å². The van der Waals surface area contributed by atoms with Gasteiger partial charge >= 0.3 is 0 Å². The van der Waals surface area contributed by atoms with E-state index >= 15 is 0 Å². The van der Waals surface area contributed by atoms with Crippen LogP contribution in [0.4, 0.5) is 0 Å². The highest BCUT2D eigenvalue weighted by Gasteiger charge is 2.29. The van der Waals surface area contributed by atoms with Gasteiger partial charge in [0.05, 0.1) is 0 Å². The van der Waals surface area contributed by atoms with E-state index in [0.717, 1.165) is 0 Å². The Balaban J connectivity index is 2.58. The summed E-state index contributed by atoms with van der Waals surface area (Å²) in [6.07, 6.45) is 0.340. The number of carbonyl (C=O) groups is 2. The molecule has 1 aliphatic rings. The van der Waals surface area contributed by atoms with Gasteiger partial charge < -0.3 is 0 Å². The first kappa shape index (κ1) is 7.33. The summed E-state index contributed by atoms with van der Waals surface area (Å²) >= 11 is 2.02. The van der Waals surface area contributed by atoms with E-state index in [1.54, 1.807) is 0 Å². The van der Waals surface area contributed by atoms with Crippen LogP contribution in [-0.2, 0) is 9.59 Å². The minimum Gasteiger partial charge on any atom is -0.295 e. The third-order valence-electron chi connectivity index (χ3n) is 1.03. The van der Waals surface area contributed by atoms with Crippen molar-refractivity contribution in [2.45, 2.75) is 11.7 Å². The van der Waals surface area contributed by atoms with Gasteiger partial charge in [-0.1, -0.05) is 8.93 Å². The van der Waals surface area contributed by atoms with E-state index in [0.29, 0.717) is 6.42 Å². The molecule has 1 fully saturated rings. The third-order valence-corrected chi connectivity index (χ3v) is 3.47. The Hall–Kier alpha value is 0.220. The van der Waals surface area contributed by atoms with E-state index in [1.807, 2.05) is 21.2 Å². The monoisotopic (exact) mass is 257 g/mol. The zero-order valence-corrected chi connectivity index (χ0v) is 7.36. The van der Waals surface area contributed by atoms with E-state index in [4.69, 9.17) is 0 Å². The predicted octanol–water partition coefficient (Wildman–Crippen LogP) is 0.485. The number of hydrogen-bond acceptors (Lipinski definition) is 3. The molecule has 0 aromatic carbocycles. The number of carbonyl (C=O) groups excluding carboxylic acids is 2. The second-order valence-corrected chi connectivity index (χ2v) is 3.97. The van der Waals surface area contributed by atoms with Gasteiger partial charge in [-0.3, -0.25) is 14.9 Å². The quantitative estimate of drug-likeness (QED) is 0.549. The molecule has 50 valence electrons. The Kier molecular flexibility index (Phi) is 2.34. The second kappa shape index (κ2) is 2.87. The second-order valence-electron chi connectivity index (χ2n) is 1.69. The molecule has 2 amide bonds. The van der Waals surface area contributed by atoms with Crippen LogP contribution in [-0.4, -0.2) is 17.1 Å². The molecule has 1 aliphatic heterocycles. The van der Waals surface area contributed by atoms with Crippen molar-refractivity contribution in [1.82, 2.24) is 5.32 Å². The van der Waals surface area contributed by atoms with Gasteiger partial charge in [-0.15, -0.1) is 0 Å². The van der Waals surface area contributed by atoms with Crippen LogP contribution in [0.15, 0.2) is 0 Å². The maximum Gasteiger partial charge on any atom is 0.241 e. The van der Waals surface area contributed by atoms with Crippen LogP contribution in [0.25, 0.3) is 0 Å². The topological polar surface area (TPSA) is 46.2 Å². The van der Waals surface area contributed by atoms with Crippen molar-refractivity contribution in [3.8, 4) is 0 Å². The Morgan fingerprint density at radius 2 is 2.33 bits per heavy atom. The van der Waals surface area contributed by atoms with Gasteiger partial charge in [-0.25, -0.2) is 0 Å². The predicted molar refractivity (Wildman–Crippen MR) is 43.2 cm³/mol. The zero-order valence-electron chi connectivity index (χ0n) is 4.39. The number of amides is 2. The van der Waals surface area contributed by atoms with Gasteiger partial charge in [0.1, 0.15) is 5.25 Å². The molecule has 0 spiro atoms. The maximum atomic E-state index is 10.7. The number of nitrogens with one attached hydrogen (secondary N) is 1. The summed E-state index contributed by atoms with van der Waals surface area (Å²) in [5.74, 6) is -0.312. The lowest BCUT2D eigenvalue weighted by Crippen LogP contribution is -2.22. The van der Waals surface area contributed by atoms with Crippen molar-refractivity contribution in [1.29, 1.82) is 0 Å². The first-order valence-corrected chi connectivity index (χ1v) is 5.77. The normalized spacial score (nSPS) is 26.6. The number of imide groups is 1. The highest BCUT2D eigenvalue weighted by molar-refractivity contribution is 14.2. The smallest absolute Gasteiger partial charge is 0.241 e. The van der Waals surface area contributed by atoms with Gasteiger partial charge in [0, 0.05) is 6.42 Å². The van der Waals surface area contributed by atoms with Crippen molar-refractivity contribution < 1.29 is 9.59 Å². The zero-order chi connectivity index (χ0) is 6.85. The average molecular weight is 257 g/mol. The van der Waals surface area contributed by atoms with Crippen molar-refractivity contribution in [2.75, 3.05) is 0 Å². The molecule has 1 atom stereocenters. The van der Waals surface area contributed by atoms with Crippen molar-refractivity contribution in [2.24, 2.45) is 0 Å². The molecule has 1 rings (SSSR count). The molecule has 0 aliphatic carbocycles. The Bertz CT molecular complexity index is 161. The molecule has 3 nitrogen and oxygen atoms in total. The highest BCUT2D eigenvalue weighted by Crippen LogP contribution is 2.25. The summed E-state index contributed by atoms with van der Waals surface area (Å²) in [5.41, 5.74) is 0. The molecule has 1 unspecified atom stereocenters. The van der Waals surface area contributed by atoms with E-state index in [1.165, 1.54) is 8.93 Å². The van der Waals surface area contributed by atoms with Crippen LogP contribution in [0.5, 0.6) is 0 Å². The summed E-state index contributed by atoms with van der Waals surface area (Å²) < 4.78 is 0. The number of hydrogen-bond donors (Lipinski definition) is 1. The first-order chi connectivity index (χ1) is 4.24. The van der Waals surface area contributed by atoms with Crippen LogP contribution in [0.3, 0.4) is 0 Å². The van der Waals surface area contributed by atoms with Gasteiger partial charge in [0.2, 0.25) is 11.8 Å². The fraction of sp³-hybridized carbons (Fsp3) is 0.500. The molecule has 1 heterocycles. The molecule has 5 heteroatoms. The van der Waals surface area contributed by atoms with Gasteiger partial charge in [-0.2, -0.15) is 0 Å². The lowest BCUT2D eigenvalue weighted by molar-refractivity contribution is -0.124. The van der Waals surface area contributed by atoms with Crippen LogP contribution in [0.1, 0.15) is 6.42 Å². The van der Waals surface area contributed by atoms with Crippen LogP contribution >= 0.6 is 30.1 Å². The van der Waals surface area contributed by atoms with Crippen LogP contribution in [0, 0.1) is 0 Å². The summed E-state index contributed by atoms with van der Waals surface area (Å²) in [6.45, 7) is 0. The van der Waals surface area contributed by atoms with Crippen LogP contribution in [0.2, 0.25) is 0 Å². The lowest BCUT2D eigenvalue weighted by Gasteiger charge is -1.94. The largest absolute Gasteiger partial charge is 0.295 e. The van der Waals surface area contributed by atoms with E-state index in [9.17, 15) is 9.59 Å². The van der Waals surface area contributed by atoms with Gasteiger partial charge in [0.15, 0.2) is 0 Å². The molecule has 0 bridgehead atoms. The number of rotatable bonds is 1. The summed E-state index contributed by atoms with van der Waals surface area (Å²) in [6, 6.07) is 0. The van der Waals surface area contributed by atoms with Crippen molar-refractivity contribution >= 4 is 42.0 Å². The molecule has 9 heavy (non-hydrogen) atoms. The molecule has 1 N–H and O–H groups in total. The molecular formula is C4H4INO2S.